The zero-order valence-corrected chi connectivity index (χ0v) is 11.6. The minimum absolute atomic E-state index is 0.199. The van der Waals surface area contributed by atoms with Crippen molar-refractivity contribution in [3.63, 3.8) is 0 Å². The summed E-state index contributed by atoms with van der Waals surface area (Å²) in [5, 5.41) is 0. The summed E-state index contributed by atoms with van der Waals surface area (Å²) in [6, 6.07) is 6.07. The number of nitrogens with zero attached hydrogens (tertiary/aromatic N) is 1. The van der Waals surface area contributed by atoms with Crippen LogP contribution in [0.3, 0.4) is 0 Å². The predicted octanol–water partition coefficient (Wildman–Crippen LogP) is 3.04. The van der Waals surface area contributed by atoms with Crippen LogP contribution in [0.2, 0.25) is 0 Å². The van der Waals surface area contributed by atoms with Crippen molar-refractivity contribution in [2.75, 3.05) is 17.2 Å². The molecule has 2 nitrogen and oxygen atoms in total. The number of halogens is 1. The molecule has 1 aromatic rings. The average Bonchev–Trinajstić information content (AvgIpc) is 2.63. The number of anilines is 1. The fraction of sp³-hybridized carbons (Fsp3) is 0.417. The van der Waals surface area contributed by atoms with Gasteiger partial charge in [-0.25, -0.2) is 0 Å². The average molecular weight is 300 g/mol. The third kappa shape index (κ3) is 2.28. The molecular weight excluding hydrogens is 286 g/mol. The van der Waals surface area contributed by atoms with Crippen molar-refractivity contribution in [1.29, 1.82) is 0 Å². The maximum atomic E-state index is 11.9. The number of hydrogen-bond donors (Lipinski definition) is 1. The van der Waals surface area contributed by atoms with E-state index in [2.05, 4.69) is 28.6 Å². The molecule has 0 bridgehead atoms. The van der Waals surface area contributed by atoms with Gasteiger partial charge in [0, 0.05) is 17.4 Å². The maximum absolute atomic E-state index is 11.9. The molecule has 16 heavy (non-hydrogen) atoms. The van der Waals surface area contributed by atoms with Crippen molar-refractivity contribution in [3.8, 4) is 0 Å². The van der Waals surface area contributed by atoms with Gasteiger partial charge in [0.25, 0.3) is 0 Å². The van der Waals surface area contributed by atoms with Crippen LogP contribution in [-0.2, 0) is 4.79 Å². The van der Waals surface area contributed by atoms with Crippen molar-refractivity contribution in [2.45, 2.75) is 13.3 Å². The Morgan fingerprint density at radius 3 is 2.94 bits per heavy atom. The summed E-state index contributed by atoms with van der Waals surface area (Å²) < 4.78 is 0.978. The van der Waals surface area contributed by atoms with Crippen LogP contribution in [0.1, 0.15) is 12.0 Å². The predicted molar refractivity (Wildman–Crippen MR) is 73.2 cm³/mol. The van der Waals surface area contributed by atoms with Gasteiger partial charge in [-0.1, -0.05) is 6.07 Å². The van der Waals surface area contributed by atoms with E-state index in [0.29, 0.717) is 12.3 Å². The highest BCUT2D eigenvalue weighted by Gasteiger charge is 2.30. The van der Waals surface area contributed by atoms with E-state index in [1.54, 1.807) is 0 Å². The van der Waals surface area contributed by atoms with Gasteiger partial charge in [-0.3, -0.25) is 4.79 Å². The highest BCUT2D eigenvalue weighted by Crippen LogP contribution is 2.32. The van der Waals surface area contributed by atoms with Crippen LogP contribution >= 0.6 is 28.6 Å². The normalized spacial score (nSPS) is 20.6. The third-order valence-corrected chi connectivity index (χ3v) is 4.04. The molecule has 0 N–H and O–H groups in total. The SMILES string of the molecule is Cc1ccc(Br)c(N2CC(CS)CC2=O)c1. The molecule has 4 heteroatoms. The van der Waals surface area contributed by atoms with E-state index in [9.17, 15) is 4.79 Å². The molecule has 0 spiro atoms. The second-order valence-electron chi connectivity index (χ2n) is 4.21. The molecule has 1 heterocycles. The maximum Gasteiger partial charge on any atom is 0.227 e. The van der Waals surface area contributed by atoms with E-state index in [-0.39, 0.29) is 5.91 Å². The van der Waals surface area contributed by atoms with Crippen LogP contribution in [0.25, 0.3) is 0 Å². The number of amides is 1. The molecule has 1 atom stereocenters. The fourth-order valence-corrected chi connectivity index (χ4v) is 2.67. The molecule has 1 aromatic carbocycles. The van der Waals surface area contributed by atoms with Crippen molar-refractivity contribution < 1.29 is 4.79 Å². The molecule has 1 amide bonds. The molecule has 0 saturated carbocycles. The van der Waals surface area contributed by atoms with Gasteiger partial charge >= 0.3 is 0 Å². The van der Waals surface area contributed by atoms with Gasteiger partial charge in [-0.15, -0.1) is 0 Å². The van der Waals surface area contributed by atoms with Gasteiger partial charge in [0.15, 0.2) is 0 Å². The first-order valence-corrected chi connectivity index (χ1v) is 6.71. The Morgan fingerprint density at radius 1 is 1.56 bits per heavy atom. The van der Waals surface area contributed by atoms with E-state index >= 15 is 0 Å². The van der Waals surface area contributed by atoms with Crippen LogP contribution < -0.4 is 4.90 Å². The summed E-state index contributed by atoms with van der Waals surface area (Å²) in [5.74, 6) is 1.35. The summed E-state index contributed by atoms with van der Waals surface area (Å²) in [6.45, 7) is 2.82. The van der Waals surface area contributed by atoms with Gasteiger partial charge in [-0.05, 0) is 52.2 Å². The Balaban J connectivity index is 2.30. The Labute approximate surface area is 110 Å². The lowest BCUT2D eigenvalue weighted by molar-refractivity contribution is -0.117. The highest BCUT2D eigenvalue weighted by molar-refractivity contribution is 9.10. The molecule has 1 aliphatic rings. The Bertz CT molecular complexity index is 421. The van der Waals surface area contributed by atoms with Crippen molar-refractivity contribution in [3.05, 3.63) is 28.2 Å². The summed E-state index contributed by atoms with van der Waals surface area (Å²) in [7, 11) is 0. The number of rotatable bonds is 2. The lowest BCUT2D eigenvalue weighted by Crippen LogP contribution is -2.25. The lowest BCUT2D eigenvalue weighted by Gasteiger charge is -2.18. The molecular formula is C12H14BrNOS. The topological polar surface area (TPSA) is 20.3 Å². The summed E-state index contributed by atoms with van der Waals surface area (Å²) in [6.07, 6.45) is 0.615. The quantitative estimate of drug-likeness (QED) is 0.832. The van der Waals surface area contributed by atoms with E-state index < -0.39 is 0 Å². The smallest absolute Gasteiger partial charge is 0.227 e. The second-order valence-corrected chi connectivity index (χ2v) is 5.43. The largest absolute Gasteiger partial charge is 0.311 e. The molecule has 1 unspecified atom stereocenters. The Morgan fingerprint density at radius 2 is 2.31 bits per heavy atom. The summed E-state index contributed by atoms with van der Waals surface area (Å²) in [4.78, 5) is 13.7. The first-order chi connectivity index (χ1) is 7.61. The van der Waals surface area contributed by atoms with Crippen molar-refractivity contribution >= 4 is 40.2 Å². The molecule has 0 aliphatic carbocycles. The van der Waals surface area contributed by atoms with Gasteiger partial charge in [-0.2, -0.15) is 12.6 Å². The number of thiol groups is 1. The number of carbonyl (C=O) groups excluding carboxylic acids is 1. The molecule has 1 aliphatic heterocycles. The fourth-order valence-electron chi connectivity index (χ4n) is 1.97. The third-order valence-electron chi connectivity index (χ3n) is 2.86. The molecule has 1 fully saturated rings. The van der Waals surface area contributed by atoms with Crippen molar-refractivity contribution in [1.82, 2.24) is 0 Å². The van der Waals surface area contributed by atoms with Crippen LogP contribution in [0, 0.1) is 12.8 Å². The van der Waals surface area contributed by atoms with Gasteiger partial charge in [0.05, 0.1) is 5.69 Å². The number of hydrogen-bond acceptors (Lipinski definition) is 2. The minimum atomic E-state index is 0.199. The molecule has 86 valence electrons. The monoisotopic (exact) mass is 299 g/mol. The molecule has 0 aromatic heterocycles. The zero-order valence-electron chi connectivity index (χ0n) is 9.11. The second kappa shape index (κ2) is 4.80. The van der Waals surface area contributed by atoms with E-state index in [1.165, 1.54) is 5.56 Å². The molecule has 2 rings (SSSR count). The number of aryl methyl sites for hydroxylation is 1. The van der Waals surface area contributed by atoms with E-state index in [1.807, 2.05) is 30.0 Å². The first kappa shape index (κ1) is 12.0. The number of carbonyl (C=O) groups is 1. The summed E-state index contributed by atoms with van der Waals surface area (Å²) in [5.41, 5.74) is 2.15. The highest BCUT2D eigenvalue weighted by atomic mass is 79.9. The van der Waals surface area contributed by atoms with Crippen LogP contribution in [0.15, 0.2) is 22.7 Å². The van der Waals surface area contributed by atoms with Crippen LogP contribution in [-0.4, -0.2) is 18.2 Å². The minimum Gasteiger partial charge on any atom is -0.311 e. The lowest BCUT2D eigenvalue weighted by atomic mass is 10.1. The molecule has 0 radical (unpaired) electrons. The van der Waals surface area contributed by atoms with E-state index in [4.69, 9.17) is 0 Å². The Kier molecular flexibility index (Phi) is 3.60. The van der Waals surface area contributed by atoms with Crippen LogP contribution in [0.4, 0.5) is 5.69 Å². The van der Waals surface area contributed by atoms with Gasteiger partial charge in [0.1, 0.15) is 0 Å². The van der Waals surface area contributed by atoms with Crippen LogP contribution in [0.5, 0.6) is 0 Å². The van der Waals surface area contributed by atoms with Crippen molar-refractivity contribution in [2.24, 2.45) is 5.92 Å². The standard InChI is InChI=1S/C12H14BrNOS/c1-8-2-3-10(13)11(4-8)14-6-9(7-16)5-12(14)15/h2-4,9,16H,5-7H2,1H3. The Hall–Kier alpha value is -0.480. The first-order valence-electron chi connectivity index (χ1n) is 5.29. The van der Waals surface area contributed by atoms with E-state index in [0.717, 1.165) is 22.5 Å². The van der Waals surface area contributed by atoms with Gasteiger partial charge in [0.2, 0.25) is 5.91 Å². The zero-order chi connectivity index (χ0) is 11.7. The summed E-state index contributed by atoms with van der Waals surface area (Å²) >= 11 is 7.76. The number of benzene rings is 1. The van der Waals surface area contributed by atoms with Gasteiger partial charge < -0.3 is 4.90 Å². The molecule has 1 saturated heterocycles.